The number of carboxylic acid groups (broad SMARTS) is 1. The number of esters is 1. The SMILES string of the molecule is CCCN(CC)CCc1c[nH]c2cccc(OC(=O)CCC(=O)O)c12. The molecule has 0 saturated heterocycles. The normalized spacial score (nSPS) is 11.2. The fraction of sp³-hybridized carbons (Fsp3) is 0.474. The molecule has 1 heterocycles. The number of ether oxygens (including phenoxy) is 1. The monoisotopic (exact) mass is 346 g/mol. The molecule has 0 aliphatic carbocycles. The first-order valence-electron chi connectivity index (χ1n) is 8.79. The number of hydrogen-bond acceptors (Lipinski definition) is 4. The zero-order valence-corrected chi connectivity index (χ0v) is 14.9. The number of carboxylic acids is 1. The van der Waals surface area contributed by atoms with Gasteiger partial charge in [0.15, 0.2) is 0 Å². The minimum atomic E-state index is -1.01. The molecule has 0 aliphatic rings. The summed E-state index contributed by atoms with van der Waals surface area (Å²) >= 11 is 0. The van der Waals surface area contributed by atoms with Crippen LogP contribution in [-0.4, -0.2) is 46.6 Å². The maximum absolute atomic E-state index is 11.9. The summed E-state index contributed by atoms with van der Waals surface area (Å²) in [5, 5.41) is 9.58. The average molecular weight is 346 g/mol. The van der Waals surface area contributed by atoms with Gasteiger partial charge in [-0.2, -0.15) is 0 Å². The standard InChI is InChI=1S/C19H26N2O4/c1-3-11-21(4-2)12-10-14-13-20-15-6-5-7-16(19(14)15)25-18(24)9-8-17(22)23/h5-7,13,20H,3-4,8-12H2,1-2H3,(H,22,23). The molecule has 0 spiro atoms. The third-order valence-corrected chi connectivity index (χ3v) is 4.20. The van der Waals surface area contributed by atoms with E-state index in [2.05, 4.69) is 23.7 Å². The summed E-state index contributed by atoms with van der Waals surface area (Å²) in [5.74, 6) is -1.04. The van der Waals surface area contributed by atoms with Gasteiger partial charge < -0.3 is 19.7 Å². The molecule has 0 bridgehead atoms. The zero-order valence-electron chi connectivity index (χ0n) is 14.9. The van der Waals surface area contributed by atoms with Crippen LogP contribution in [0.15, 0.2) is 24.4 Å². The molecule has 0 radical (unpaired) electrons. The molecule has 1 aromatic heterocycles. The highest BCUT2D eigenvalue weighted by Crippen LogP contribution is 2.29. The van der Waals surface area contributed by atoms with Gasteiger partial charge in [-0.05, 0) is 43.6 Å². The molecule has 1 aromatic carbocycles. The molecule has 0 atom stereocenters. The van der Waals surface area contributed by atoms with E-state index in [0.29, 0.717) is 5.75 Å². The van der Waals surface area contributed by atoms with Gasteiger partial charge in [-0.1, -0.05) is 19.9 Å². The van der Waals surface area contributed by atoms with E-state index < -0.39 is 11.9 Å². The minimum absolute atomic E-state index is 0.133. The number of benzene rings is 1. The van der Waals surface area contributed by atoms with E-state index in [1.54, 1.807) is 6.07 Å². The number of carbonyl (C=O) groups is 2. The third kappa shape index (κ3) is 5.32. The van der Waals surface area contributed by atoms with Gasteiger partial charge in [0.2, 0.25) is 0 Å². The molecule has 136 valence electrons. The number of aromatic amines is 1. The Morgan fingerprint density at radius 1 is 1.20 bits per heavy atom. The third-order valence-electron chi connectivity index (χ3n) is 4.20. The van der Waals surface area contributed by atoms with Crippen LogP contribution in [-0.2, 0) is 16.0 Å². The molecule has 2 N–H and O–H groups in total. The second-order valence-electron chi connectivity index (χ2n) is 6.04. The Morgan fingerprint density at radius 3 is 2.68 bits per heavy atom. The van der Waals surface area contributed by atoms with E-state index in [1.807, 2.05) is 18.3 Å². The van der Waals surface area contributed by atoms with E-state index in [9.17, 15) is 9.59 Å². The maximum atomic E-state index is 11.9. The van der Waals surface area contributed by atoms with Crippen LogP contribution in [0.4, 0.5) is 0 Å². The summed E-state index contributed by atoms with van der Waals surface area (Å²) in [6.07, 6.45) is 3.58. The van der Waals surface area contributed by atoms with E-state index >= 15 is 0 Å². The average Bonchev–Trinajstić information content (AvgIpc) is 3.01. The fourth-order valence-electron chi connectivity index (χ4n) is 2.91. The topological polar surface area (TPSA) is 82.6 Å². The number of H-pyrrole nitrogens is 1. The molecule has 0 unspecified atom stereocenters. The molecule has 0 amide bonds. The van der Waals surface area contributed by atoms with E-state index in [4.69, 9.17) is 9.84 Å². The minimum Gasteiger partial charge on any atom is -0.481 e. The lowest BCUT2D eigenvalue weighted by molar-refractivity contribution is -0.142. The lowest BCUT2D eigenvalue weighted by atomic mass is 10.1. The second-order valence-corrected chi connectivity index (χ2v) is 6.04. The molecule has 0 fully saturated rings. The highest BCUT2D eigenvalue weighted by molar-refractivity contribution is 5.91. The Hall–Kier alpha value is -2.34. The lowest BCUT2D eigenvalue weighted by Crippen LogP contribution is -2.26. The quantitative estimate of drug-likeness (QED) is 0.510. The number of nitrogens with zero attached hydrogens (tertiary/aromatic N) is 1. The summed E-state index contributed by atoms with van der Waals surface area (Å²) in [6, 6.07) is 5.51. The van der Waals surface area contributed by atoms with Crippen molar-refractivity contribution in [2.24, 2.45) is 0 Å². The molecule has 2 aromatic rings. The van der Waals surface area contributed by atoms with Crippen molar-refractivity contribution in [3.8, 4) is 5.75 Å². The maximum Gasteiger partial charge on any atom is 0.311 e. The number of carbonyl (C=O) groups excluding carboxylic acids is 1. The first-order valence-corrected chi connectivity index (χ1v) is 8.79. The number of hydrogen-bond donors (Lipinski definition) is 2. The van der Waals surface area contributed by atoms with Crippen molar-refractivity contribution in [1.29, 1.82) is 0 Å². The molecule has 0 aliphatic heterocycles. The summed E-state index contributed by atoms with van der Waals surface area (Å²) in [5.41, 5.74) is 2.02. The van der Waals surface area contributed by atoms with E-state index in [0.717, 1.165) is 48.9 Å². The van der Waals surface area contributed by atoms with Gasteiger partial charge >= 0.3 is 11.9 Å². The van der Waals surface area contributed by atoms with Crippen LogP contribution in [0.25, 0.3) is 10.9 Å². The first kappa shape index (κ1) is 19.0. The fourth-order valence-corrected chi connectivity index (χ4v) is 2.91. The van der Waals surface area contributed by atoms with Crippen LogP contribution >= 0.6 is 0 Å². The first-order chi connectivity index (χ1) is 12.0. The van der Waals surface area contributed by atoms with Gasteiger partial charge in [0.1, 0.15) is 5.75 Å². The highest BCUT2D eigenvalue weighted by Gasteiger charge is 2.14. The van der Waals surface area contributed by atoms with Crippen molar-refractivity contribution in [2.75, 3.05) is 19.6 Å². The summed E-state index contributed by atoms with van der Waals surface area (Å²) < 4.78 is 5.42. The van der Waals surface area contributed by atoms with Gasteiger partial charge in [-0.3, -0.25) is 9.59 Å². The van der Waals surface area contributed by atoms with Gasteiger partial charge in [0, 0.05) is 23.6 Å². The van der Waals surface area contributed by atoms with Crippen molar-refractivity contribution in [3.63, 3.8) is 0 Å². The smallest absolute Gasteiger partial charge is 0.311 e. The van der Waals surface area contributed by atoms with Crippen molar-refractivity contribution < 1.29 is 19.4 Å². The van der Waals surface area contributed by atoms with Crippen molar-refractivity contribution in [2.45, 2.75) is 39.5 Å². The summed E-state index contributed by atoms with van der Waals surface area (Å²) in [7, 11) is 0. The van der Waals surface area contributed by atoms with Crippen LogP contribution in [0.2, 0.25) is 0 Å². The molecule has 6 heteroatoms. The van der Waals surface area contributed by atoms with Gasteiger partial charge in [0.25, 0.3) is 0 Å². The zero-order chi connectivity index (χ0) is 18.2. The number of rotatable bonds is 10. The van der Waals surface area contributed by atoms with Crippen molar-refractivity contribution in [1.82, 2.24) is 9.88 Å². The number of nitrogens with one attached hydrogen (secondary N) is 1. The Balaban J connectivity index is 2.14. The van der Waals surface area contributed by atoms with Crippen molar-refractivity contribution >= 4 is 22.8 Å². The van der Waals surface area contributed by atoms with Crippen LogP contribution < -0.4 is 4.74 Å². The van der Waals surface area contributed by atoms with E-state index in [-0.39, 0.29) is 12.8 Å². The van der Waals surface area contributed by atoms with Crippen molar-refractivity contribution in [3.05, 3.63) is 30.0 Å². The summed E-state index contributed by atoms with van der Waals surface area (Å²) in [4.78, 5) is 28.1. The highest BCUT2D eigenvalue weighted by atomic mass is 16.5. The molecule has 2 rings (SSSR count). The Bertz CT molecular complexity index is 723. The number of likely N-dealkylation sites (N-methyl/N-ethyl adjacent to an activating group) is 1. The van der Waals surface area contributed by atoms with Crippen LogP contribution in [0, 0.1) is 0 Å². The number of aliphatic carboxylic acids is 1. The predicted molar refractivity (Wildman–Crippen MR) is 96.9 cm³/mol. The Morgan fingerprint density at radius 2 is 2.00 bits per heavy atom. The molecule has 25 heavy (non-hydrogen) atoms. The molecule has 0 saturated carbocycles. The Labute approximate surface area is 147 Å². The predicted octanol–water partition coefficient (Wildman–Crippen LogP) is 3.21. The summed E-state index contributed by atoms with van der Waals surface area (Å²) in [6.45, 7) is 7.34. The molecular formula is C19H26N2O4. The number of fused-ring (bicyclic) bond motifs is 1. The number of aromatic nitrogens is 1. The molecular weight excluding hydrogens is 320 g/mol. The van der Waals surface area contributed by atoms with Gasteiger partial charge in [-0.15, -0.1) is 0 Å². The van der Waals surface area contributed by atoms with Gasteiger partial charge in [0.05, 0.1) is 12.8 Å². The van der Waals surface area contributed by atoms with Crippen LogP contribution in [0.1, 0.15) is 38.7 Å². The Kier molecular flexibility index (Phi) is 7.01. The van der Waals surface area contributed by atoms with Crippen LogP contribution in [0.5, 0.6) is 5.75 Å². The molecule has 6 nitrogen and oxygen atoms in total. The lowest BCUT2D eigenvalue weighted by Gasteiger charge is -2.19. The van der Waals surface area contributed by atoms with Crippen LogP contribution in [0.3, 0.4) is 0 Å². The van der Waals surface area contributed by atoms with Gasteiger partial charge in [-0.25, -0.2) is 0 Å². The second kappa shape index (κ2) is 9.22. The van der Waals surface area contributed by atoms with E-state index in [1.165, 1.54) is 0 Å². The largest absolute Gasteiger partial charge is 0.481 e.